The number of likely N-dealkylation sites (N-methyl/N-ethyl adjacent to an activating group) is 2. The lowest BCUT2D eigenvalue weighted by molar-refractivity contribution is -0.127. The Morgan fingerprint density at radius 1 is 0.962 bits per heavy atom. The van der Waals surface area contributed by atoms with Crippen LogP contribution in [0.5, 0.6) is 5.75 Å². The third kappa shape index (κ3) is 11.8. The SMILES string of the molecule is CC1CCCC(C)(C)C1.CNC(=O)C1CCCCN1Cc1cccc(-c2cc(C(=O)NC(Cc3ccccc3)CN(C)C)cc(N(C)C)c2)c1OC. The minimum atomic E-state index is -0.148. The minimum Gasteiger partial charge on any atom is -0.496 e. The van der Waals surface area contributed by atoms with E-state index < -0.39 is 0 Å². The maximum atomic E-state index is 13.8. The summed E-state index contributed by atoms with van der Waals surface area (Å²) in [7, 11) is 11.4. The predicted molar refractivity (Wildman–Crippen MR) is 216 cm³/mol. The minimum absolute atomic E-state index is 0.0490. The molecule has 8 heteroatoms. The molecule has 8 nitrogen and oxygen atoms in total. The first kappa shape index (κ1) is 40.9. The van der Waals surface area contributed by atoms with Gasteiger partial charge in [-0.15, -0.1) is 0 Å². The van der Waals surface area contributed by atoms with E-state index in [4.69, 9.17) is 4.74 Å². The van der Waals surface area contributed by atoms with Crippen molar-refractivity contribution in [2.45, 2.75) is 90.8 Å². The number of benzene rings is 3. The number of para-hydroxylation sites is 1. The zero-order chi connectivity index (χ0) is 37.8. The third-order valence-electron chi connectivity index (χ3n) is 10.5. The highest BCUT2D eigenvalue weighted by Crippen LogP contribution is 2.38. The summed E-state index contributed by atoms with van der Waals surface area (Å²) < 4.78 is 6.02. The normalized spacial score (nSPS) is 19.2. The van der Waals surface area contributed by atoms with Crippen molar-refractivity contribution < 1.29 is 14.3 Å². The van der Waals surface area contributed by atoms with Gasteiger partial charge in [-0.1, -0.05) is 88.6 Å². The van der Waals surface area contributed by atoms with Crippen LogP contribution in [0, 0.1) is 11.3 Å². The lowest BCUT2D eigenvalue weighted by Gasteiger charge is -2.34. The number of anilines is 1. The van der Waals surface area contributed by atoms with Gasteiger partial charge in [0.25, 0.3) is 5.91 Å². The molecule has 5 rings (SSSR count). The number of ether oxygens (including phenoxy) is 1. The highest BCUT2D eigenvalue weighted by molar-refractivity contribution is 5.97. The summed E-state index contributed by atoms with van der Waals surface area (Å²) >= 11 is 0. The first-order chi connectivity index (χ1) is 24.8. The summed E-state index contributed by atoms with van der Waals surface area (Å²) in [4.78, 5) is 32.8. The highest BCUT2D eigenvalue weighted by atomic mass is 16.5. The molecule has 0 radical (unpaired) electrons. The fourth-order valence-corrected chi connectivity index (χ4v) is 8.04. The van der Waals surface area contributed by atoms with Crippen LogP contribution in [0.3, 0.4) is 0 Å². The van der Waals surface area contributed by atoms with E-state index in [-0.39, 0.29) is 23.9 Å². The van der Waals surface area contributed by atoms with Gasteiger partial charge in [0.1, 0.15) is 5.75 Å². The number of amides is 2. The van der Waals surface area contributed by atoms with Gasteiger partial charge in [0.05, 0.1) is 13.2 Å². The van der Waals surface area contributed by atoms with E-state index in [0.717, 1.165) is 72.8 Å². The van der Waals surface area contributed by atoms with Gasteiger partial charge in [-0.25, -0.2) is 0 Å². The summed E-state index contributed by atoms with van der Waals surface area (Å²) in [6.45, 7) is 9.36. The van der Waals surface area contributed by atoms with Crippen molar-refractivity contribution in [3.05, 3.63) is 83.4 Å². The van der Waals surface area contributed by atoms with Crippen molar-refractivity contribution in [2.24, 2.45) is 11.3 Å². The Balaban J connectivity index is 0.000000585. The smallest absolute Gasteiger partial charge is 0.251 e. The molecule has 52 heavy (non-hydrogen) atoms. The molecule has 3 unspecified atom stereocenters. The second-order valence-corrected chi connectivity index (χ2v) is 16.2. The van der Waals surface area contributed by atoms with Crippen LogP contribution in [0.2, 0.25) is 0 Å². The number of hydrogen-bond acceptors (Lipinski definition) is 6. The van der Waals surface area contributed by atoms with Crippen molar-refractivity contribution in [1.29, 1.82) is 0 Å². The third-order valence-corrected chi connectivity index (χ3v) is 10.5. The maximum absolute atomic E-state index is 13.8. The number of nitrogens with one attached hydrogen (secondary N) is 2. The van der Waals surface area contributed by atoms with Gasteiger partial charge in [0.2, 0.25) is 5.91 Å². The van der Waals surface area contributed by atoms with Crippen LogP contribution in [-0.2, 0) is 17.8 Å². The molecule has 0 aromatic heterocycles. The molecule has 1 aliphatic heterocycles. The first-order valence-electron chi connectivity index (χ1n) is 19.2. The van der Waals surface area contributed by atoms with Crippen LogP contribution in [0.4, 0.5) is 5.69 Å². The highest BCUT2D eigenvalue weighted by Gasteiger charge is 2.29. The average molecular weight is 712 g/mol. The summed E-state index contributed by atoms with van der Waals surface area (Å²) in [6.07, 6.45) is 9.51. The molecular formula is C44H65N5O3. The molecule has 2 amide bonds. The summed E-state index contributed by atoms with van der Waals surface area (Å²) in [5.41, 5.74) is 6.21. The van der Waals surface area contributed by atoms with E-state index in [9.17, 15) is 9.59 Å². The van der Waals surface area contributed by atoms with E-state index in [1.165, 1.54) is 31.2 Å². The molecule has 3 atom stereocenters. The fourth-order valence-electron chi connectivity index (χ4n) is 8.04. The quantitative estimate of drug-likeness (QED) is 0.201. The molecule has 284 valence electrons. The zero-order valence-electron chi connectivity index (χ0n) is 33.4. The van der Waals surface area contributed by atoms with Crippen molar-refractivity contribution in [3.8, 4) is 16.9 Å². The monoisotopic (exact) mass is 712 g/mol. The van der Waals surface area contributed by atoms with Crippen LogP contribution >= 0.6 is 0 Å². The van der Waals surface area contributed by atoms with Gasteiger partial charge in [0, 0.05) is 62.7 Å². The standard InChI is InChI=1S/C35H47N5O3.C9H18/c1-36-35(42)32-17-10-11-18-40(32)23-26-15-12-16-31(33(26)43-6)27-20-28(22-30(21-27)39(4)5)34(41)37-29(24-38(2)3)19-25-13-8-7-9-14-25;1-8-5-4-6-9(2,3)7-8/h7-9,12-16,20-22,29,32H,10-11,17-19,23-24H2,1-6H3,(H,36,42)(H,37,41);8H,4-7H2,1-3H3. The molecule has 3 aromatic carbocycles. The number of methoxy groups -OCH3 is 1. The Kier molecular flexibility index (Phi) is 15.2. The van der Waals surface area contributed by atoms with E-state index in [2.05, 4.69) is 65.5 Å². The first-order valence-corrected chi connectivity index (χ1v) is 19.2. The van der Waals surface area contributed by atoms with Crippen LogP contribution in [0.25, 0.3) is 11.1 Å². The van der Waals surface area contributed by atoms with E-state index >= 15 is 0 Å². The second kappa shape index (κ2) is 19.3. The fraction of sp³-hybridized carbons (Fsp3) is 0.545. The van der Waals surface area contributed by atoms with Crippen molar-refractivity contribution in [2.75, 3.05) is 60.3 Å². The van der Waals surface area contributed by atoms with Crippen LogP contribution in [0.15, 0.2) is 66.7 Å². The number of carbonyl (C=O) groups is 2. The molecule has 3 aromatic rings. The number of hydrogen-bond donors (Lipinski definition) is 2. The van der Waals surface area contributed by atoms with Gasteiger partial charge in [0.15, 0.2) is 0 Å². The summed E-state index contributed by atoms with van der Waals surface area (Å²) in [6, 6.07) is 22.2. The number of rotatable bonds is 12. The van der Waals surface area contributed by atoms with Crippen molar-refractivity contribution in [3.63, 3.8) is 0 Å². The van der Waals surface area contributed by atoms with Gasteiger partial charge in [-0.3, -0.25) is 14.5 Å². The Labute approximate surface area is 314 Å². The van der Waals surface area contributed by atoms with Crippen molar-refractivity contribution >= 4 is 17.5 Å². The number of likely N-dealkylation sites (tertiary alicyclic amines) is 1. The summed E-state index contributed by atoms with van der Waals surface area (Å²) in [5, 5.41) is 6.13. The van der Waals surface area contributed by atoms with Gasteiger partial charge in [-0.05, 0) is 93.4 Å². The van der Waals surface area contributed by atoms with Crippen LogP contribution < -0.4 is 20.3 Å². The maximum Gasteiger partial charge on any atom is 0.251 e. The van der Waals surface area contributed by atoms with E-state index in [0.29, 0.717) is 17.5 Å². The number of carbonyl (C=O) groups excluding carboxylic acids is 2. The van der Waals surface area contributed by atoms with Crippen LogP contribution in [0.1, 0.15) is 87.2 Å². The summed E-state index contributed by atoms with van der Waals surface area (Å²) in [5.74, 6) is 1.70. The van der Waals surface area contributed by atoms with Crippen molar-refractivity contribution in [1.82, 2.24) is 20.4 Å². The largest absolute Gasteiger partial charge is 0.496 e. The predicted octanol–water partition coefficient (Wildman–Crippen LogP) is 7.65. The van der Waals surface area contributed by atoms with Gasteiger partial charge in [-0.2, -0.15) is 0 Å². The molecule has 1 saturated carbocycles. The average Bonchev–Trinajstić information content (AvgIpc) is 3.11. The van der Waals surface area contributed by atoms with Gasteiger partial charge < -0.3 is 25.2 Å². The Morgan fingerprint density at radius 3 is 2.33 bits per heavy atom. The van der Waals surface area contributed by atoms with E-state index in [1.54, 1.807) is 14.2 Å². The molecular weight excluding hydrogens is 647 g/mol. The molecule has 0 spiro atoms. The molecule has 0 bridgehead atoms. The number of nitrogens with zero attached hydrogens (tertiary/aromatic N) is 3. The molecule has 1 saturated heterocycles. The van der Waals surface area contributed by atoms with E-state index in [1.807, 2.05) is 75.6 Å². The molecule has 2 aliphatic rings. The lowest BCUT2D eigenvalue weighted by atomic mass is 9.73. The molecule has 2 N–H and O–H groups in total. The number of piperidine rings is 1. The lowest BCUT2D eigenvalue weighted by Crippen LogP contribution is -2.48. The molecule has 2 fully saturated rings. The Bertz CT molecular complexity index is 1590. The molecule has 1 heterocycles. The Morgan fingerprint density at radius 2 is 1.71 bits per heavy atom. The zero-order valence-corrected chi connectivity index (χ0v) is 33.4. The second-order valence-electron chi connectivity index (χ2n) is 16.2. The van der Waals surface area contributed by atoms with Crippen LogP contribution in [-0.4, -0.2) is 89.1 Å². The molecule has 1 aliphatic carbocycles. The Hall–Kier alpha value is -3.88. The van der Waals surface area contributed by atoms with Gasteiger partial charge >= 0.3 is 0 Å². The topological polar surface area (TPSA) is 77.2 Å².